The van der Waals surface area contributed by atoms with Crippen molar-refractivity contribution in [3.8, 4) is 17.0 Å². The number of imidazole rings is 1. The highest BCUT2D eigenvalue weighted by molar-refractivity contribution is 6.32. The number of rotatable bonds is 10. The summed E-state index contributed by atoms with van der Waals surface area (Å²) in [5, 5.41) is 12.9. The Bertz CT molecular complexity index is 1170. The molecule has 7 nitrogen and oxygen atoms in total. The van der Waals surface area contributed by atoms with E-state index in [1.165, 1.54) is 0 Å². The molecule has 2 aromatic carbocycles. The van der Waals surface area contributed by atoms with Crippen LogP contribution in [-0.4, -0.2) is 45.2 Å². The van der Waals surface area contributed by atoms with E-state index in [1.54, 1.807) is 29.0 Å². The van der Waals surface area contributed by atoms with Crippen LogP contribution in [0.25, 0.3) is 11.3 Å². The number of halogens is 1. The second-order valence-electron chi connectivity index (χ2n) is 8.69. The Balaban J connectivity index is 1.69. The lowest BCUT2D eigenvalue weighted by molar-refractivity contribution is 0.0903. The van der Waals surface area contributed by atoms with Gasteiger partial charge >= 0.3 is 0 Å². The van der Waals surface area contributed by atoms with E-state index in [1.807, 2.05) is 52.0 Å². The van der Waals surface area contributed by atoms with Gasteiger partial charge in [-0.2, -0.15) is 0 Å². The van der Waals surface area contributed by atoms with E-state index in [9.17, 15) is 14.7 Å². The van der Waals surface area contributed by atoms with Gasteiger partial charge in [0.05, 0.1) is 16.8 Å². The first-order chi connectivity index (χ1) is 16.7. The summed E-state index contributed by atoms with van der Waals surface area (Å²) in [6.45, 7) is 7.40. The van der Waals surface area contributed by atoms with Crippen molar-refractivity contribution < 1.29 is 19.4 Å². The van der Waals surface area contributed by atoms with Gasteiger partial charge in [-0.05, 0) is 57.4 Å². The Morgan fingerprint density at radius 2 is 1.89 bits per heavy atom. The number of carbonyl (C=O) groups excluding carboxylic acids is 2. The third kappa shape index (κ3) is 6.93. The summed E-state index contributed by atoms with van der Waals surface area (Å²) in [5.41, 5.74) is 3.07. The molecule has 0 aliphatic carbocycles. The van der Waals surface area contributed by atoms with Crippen molar-refractivity contribution in [3.05, 3.63) is 70.6 Å². The second kappa shape index (κ2) is 12.0. The van der Waals surface area contributed by atoms with Gasteiger partial charge in [0.1, 0.15) is 11.6 Å². The molecule has 0 fully saturated rings. The molecule has 0 bridgehead atoms. The van der Waals surface area contributed by atoms with E-state index >= 15 is 0 Å². The van der Waals surface area contributed by atoms with Gasteiger partial charge in [-0.1, -0.05) is 42.8 Å². The minimum absolute atomic E-state index is 0.00355. The number of aryl methyl sites for hydroxylation is 1. The molecule has 3 rings (SSSR count). The van der Waals surface area contributed by atoms with E-state index in [4.69, 9.17) is 16.3 Å². The first kappa shape index (κ1) is 26.4. The summed E-state index contributed by atoms with van der Waals surface area (Å²) in [6, 6.07) is 12.5. The van der Waals surface area contributed by atoms with Crippen LogP contribution in [0.3, 0.4) is 0 Å². The number of hydrogen-bond donors (Lipinski definition) is 2. The minimum atomic E-state index is -0.264. The number of aliphatic hydroxyl groups excluding tert-OH is 1. The summed E-state index contributed by atoms with van der Waals surface area (Å²) in [7, 11) is 0. The first-order valence-corrected chi connectivity index (χ1v) is 12.2. The molecule has 0 unspecified atom stereocenters. The number of benzene rings is 2. The van der Waals surface area contributed by atoms with Crippen LogP contribution >= 0.6 is 11.6 Å². The zero-order valence-corrected chi connectivity index (χ0v) is 21.3. The van der Waals surface area contributed by atoms with E-state index < -0.39 is 0 Å². The molecule has 1 amide bonds. The Morgan fingerprint density at radius 1 is 1.17 bits per heavy atom. The summed E-state index contributed by atoms with van der Waals surface area (Å²) in [4.78, 5) is 29.4. The Morgan fingerprint density at radius 3 is 2.49 bits per heavy atom. The van der Waals surface area contributed by atoms with Crippen molar-refractivity contribution in [3.63, 3.8) is 0 Å². The zero-order chi connectivity index (χ0) is 25.5. The van der Waals surface area contributed by atoms with Gasteiger partial charge in [0, 0.05) is 36.4 Å². The van der Waals surface area contributed by atoms with Crippen molar-refractivity contribution in [1.29, 1.82) is 0 Å². The highest BCUT2D eigenvalue weighted by Gasteiger charge is 2.17. The van der Waals surface area contributed by atoms with Crippen molar-refractivity contribution in [2.24, 2.45) is 0 Å². The van der Waals surface area contributed by atoms with Crippen LogP contribution < -0.4 is 10.1 Å². The number of nitrogens with zero attached hydrogens (tertiary/aromatic N) is 2. The van der Waals surface area contributed by atoms with Gasteiger partial charge in [0.25, 0.3) is 5.91 Å². The number of carbonyl (C=O) groups is 2. The third-order valence-corrected chi connectivity index (χ3v) is 5.85. The molecule has 1 atom stereocenters. The molecule has 0 aliphatic rings. The molecule has 186 valence electrons. The SMILES string of the molecule is CCC(=O)n1cc(-c2ccc(C[C@@H](CCO)NC(=O)c3ccc(OC(C)C)c(Cl)c3)cc2)nc1C. The van der Waals surface area contributed by atoms with Crippen LogP contribution in [0.2, 0.25) is 5.02 Å². The number of nitrogens with one attached hydrogen (secondary N) is 1. The molecular formula is C27H32ClN3O4. The molecule has 0 saturated carbocycles. The molecule has 35 heavy (non-hydrogen) atoms. The lowest BCUT2D eigenvalue weighted by atomic mass is 10.0. The summed E-state index contributed by atoms with van der Waals surface area (Å²) >= 11 is 6.28. The van der Waals surface area contributed by atoms with Crippen LogP contribution in [0.4, 0.5) is 0 Å². The van der Waals surface area contributed by atoms with Crippen LogP contribution in [-0.2, 0) is 6.42 Å². The lowest BCUT2D eigenvalue weighted by Gasteiger charge is -2.19. The normalized spacial score (nSPS) is 12.0. The fourth-order valence-corrected chi connectivity index (χ4v) is 4.00. The first-order valence-electron chi connectivity index (χ1n) is 11.8. The van der Waals surface area contributed by atoms with Crippen molar-refractivity contribution in [1.82, 2.24) is 14.9 Å². The molecule has 1 aromatic heterocycles. The molecule has 0 saturated heterocycles. The van der Waals surface area contributed by atoms with Gasteiger partial charge in [0.2, 0.25) is 5.91 Å². The molecule has 2 N–H and O–H groups in total. The highest BCUT2D eigenvalue weighted by atomic mass is 35.5. The maximum atomic E-state index is 12.8. The monoisotopic (exact) mass is 497 g/mol. The van der Waals surface area contributed by atoms with Crippen molar-refractivity contribution in [2.45, 2.75) is 59.1 Å². The molecular weight excluding hydrogens is 466 g/mol. The molecule has 0 radical (unpaired) electrons. The fourth-order valence-electron chi connectivity index (χ4n) is 3.77. The summed E-state index contributed by atoms with van der Waals surface area (Å²) < 4.78 is 7.20. The van der Waals surface area contributed by atoms with E-state index in [-0.39, 0.29) is 30.6 Å². The average Bonchev–Trinajstić information content (AvgIpc) is 3.21. The predicted molar refractivity (Wildman–Crippen MR) is 137 cm³/mol. The molecule has 1 heterocycles. The average molecular weight is 498 g/mol. The number of aromatic nitrogens is 2. The number of hydrogen-bond acceptors (Lipinski definition) is 5. The topological polar surface area (TPSA) is 93.5 Å². The van der Waals surface area contributed by atoms with E-state index in [0.717, 1.165) is 16.8 Å². The van der Waals surface area contributed by atoms with Gasteiger partial charge < -0.3 is 15.2 Å². The smallest absolute Gasteiger partial charge is 0.251 e. The minimum Gasteiger partial charge on any atom is -0.489 e. The molecule has 0 spiro atoms. The van der Waals surface area contributed by atoms with E-state index in [2.05, 4.69) is 10.3 Å². The molecule has 8 heteroatoms. The standard InChI is InChI=1S/C27H32ClN3O4/c1-5-26(33)31-16-24(29-18(31)4)20-8-6-19(7-9-20)14-22(12-13-32)30-27(34)21-10-11-25(23(28)15-21)35-17(2)3/h6-11,15-17,22,32H,5,12-14H2,1-4H3,(H,30,34)/t22-/m1/s1. The van der Waals surface area contributed by atoms with Crippen LogP contribution in [0.5, 0.6) is 5.75 Å². The summed E-state index contributed by atoms with van der Waals surface area (Å²) in [6.07, 6.45) is 3.12. The number of ether oxygens (including phenoxy) is 1. The van der Waals surface area contributed by atoms with E-state index in [0.29, 0.717) is 41.4 Å². The van der Waals surface area contributed by atoms with Crippen molar-refractivity contribution >= 4 is 23.4 Å². The zero-order valence-electron chi connectivity index (χ0n) is 20.5. The maximum Gasteiger partial charge on any atom is 0.251 e. The van der Waals surface area contributed by atoms with Crippen LogP contribution in [0, 0.1) is 6.92 Å². The Hall–Kier alpha value is -3.16. The lowest BCUT2D eigenvalue weighted by Crippen LogP contribution is -2.37. The number of amides is 1. The van der Waals surface area contributed by atoms with Gasteiger partial charge in [-0.3, -0.25) is 14.2 Å². The Kier molecular flexibility index (Phi) is 9.07. The maximum absolute atomic E-state index is 12.8. The van der Waals surface area contributed by atoms with Gasteiger partial charge in [0.15, 0.2) is 0 Å². The van der Waals surface area contributed by atoms with Gasteiger partial charge in [-0.25, -0.2) is 4.98 Å². The molecule has 3 aromatic rings. The fraction of sp³-hybridized carbons (Fsp3) is 0.370. The summed E-state index contributed by atoms with van der Waals surface area (Å²) in [5.74, 6) is 0.929. The quantitative estimate of drug-likeness (QED) is 0.407. The van der Waals surface area contributed by atoms with Crippen molar-refractivity contribution in [2.75, 3.05) is 6.61 Å². The Labute approximate surface area is 211 Å². The van der Waals surface area contributed by atoms with Gasteiger partial charge in [-0.15, -0.1) is 0 Å². The second-order valence-corrected chi connectivity index (χ2v) is 9.09. The largest absolute Gasteiger partial charge is 0.489 e. The predicted octanol–water partition coefficient (Wildman–Crippen LogP) is 5.07. The molecule has 0 aliphatic heterocycles. The van der Waals surface area contributed by atoms with Crippen LogP contribution in [0.15, 0.2) is 48.7 Å². The number of aliphatic hydroxyl groups is 1. The van der Waals surface area contributed by atoms with Crippen LogP contribution in [0.1, 0.15) is 60.2 Å². The third-order valence-electron chi connectivity index (χ3n) is 5.55. The highest BCUT2D eigenvalue weighted by Crippen LogP contribution is 2.26.